The summed E-state index contributed by atoms with van der Waals surface area (Å²) in [4.78, 5) is 23.3. The van der Waals surface area contributed by atoms with E-state index in [0.29, 0.717) is 16.8 Å². The molecule has 0 bridgehead atoms. The topological polar surface area (TPSA) is 64.6 Å². The van der Waals surface area contributed by atoms with Gasteiger partial charge in [0.25, 0.3) is 0 Å². The molecule has 2 aromatic carbocycles. The van der Waals surface area contributed by atoms with Gasteiger partial charge in [0.2, 0.25) is 5.91 Å². The van der Waals surface area contributed by atoms with Crippen molar-refractivity contribution < 1.29 is 27.8 Å². The van der Waals surface area contributed by atoms with Crippen LogP contribution < -0.4 is 14.8 Å². The predicted molar refractivity (Wildman–Crippen MR) is 93.7 cm³/mol. The number of amides is 1. The number of nitrogens with one attached hydrogen (secondary N) is 1. The Hall–Kier alpha value is -3.22. The van der Waals surface area contributed by atoms with Crippen LogP contribution >= 0.6 is 0 Å². The fraction of sp³-hybridized carbons (Fsp3) is 0.158. The van der Waals surface area contributed by atoms with Gasteiger partial charge in [0.15, 0.2) is 17.3 Å². The van der Waals surface area contributed by atoms with Crippen LogP contribution in [0.3, 0.4) is 0 Å². The van der Waals surface area contributed by atoms with E-state index in [-0.39, 0.29) is 23.2 Å². The normalized spacial score (nSPS) is 10.8. The molecule has 5 nitrogen and oxygen atoms in total. The summed E-state index contributed by atoms with van der Waals surface area (Å²) in [6, 6.07) is 10.9. The van der Waals surface area contributed by atoms with Gasteiger partial charge in [0, 0.05) is 18.2 Å². The standard InChI is InChI=1S/C19H17F2NO4/c1-12(23)22-15-5-3-4-14(11-15)16(24)8-6-13-7-9-17(25-2)18(10-13)26-19(20)21/h3-11,19H,1-2H3,(H,22,23)/b8-6+. The molecule has 0 aliphatic rings. The first-order chi connectivity index (χ1) is 12.4. The molecule has 0 aromatic heterocycles. The van der Waals surface area contributed by atoms with Crippen molar-refractivity contribution in [3.05, 3.63) is 59.7 Å². The molecule has 2 aromatic rings. The lowest BCUT2D eigenvalue weighted by molar-refractivity contribution is -0.114. The first-order valence-electron chi connectivity index (χ1n) is 7.62. The van der Waals surface area contributed by atoms with Crippen molar-refractivity contribution in [2.45, 2.75) is 13.5 Å². The van der Waals surface area contributed by atoms with Crippen molar-refractivity contribution in [1.82, 2.24) is 0 Å². The number of ether oxygens (including phenoxy) is 2. The van der Waals surface area contributed by atoms with Gasteiger partial charge in [0.05, 0.1) is 7.11 Å². The number of methoxy groups -OCH3 is 1. The van der Waals surface area contributed by atoms with E-state index >= 15 is 0 Å². The third-order valence-corrected chi connectivity index (χ3v) is 3.30. The van der Waals surface area contributed by atoms with Crippen LogP contribution in [-0.4, -0.2) is 25.4 Å². The van der Waals surface area contributed by atoms with Crippen molar-refractivity contribution in [2.24, 2.45) is 0 Å². The summed E-state index contributed by atoms with van der Waals surface area (Å²) in [6.45, 7) is -1.61. The lowest BCUT2D eigenvalue weighted by atomic mass is 10.1. The molecular formula is C19H17F2NO4. The lowest BCUT2D eigenvalue weighted by Gasteiger charge is -2.10. The van der Waals surface area contributed by atoms with Crippen molar-refractivity contribution in [2.75, 3.05) is 12.4 Å². The molecule has 0 unspecified atom stereocenters. The van der Waals surface area contributed by atoms with Crippen LogP contribution in [0.4, 0.5) is 14.5 Å². The van der Waals surface area contributed by atoms with Gasteiger partial charge in [-0.05, 0) is 35.9 Å². The molecule has 0 aliphatic carbocycles. The number of rotatable bonds is 7. The van der Waals surface area contributed by atoms with E-state index in [2.05, 4.69) is 10.1 Å². The molecule has 0 aliphatic heterocycles. The van der Waals surface area contributed by atoms with E-state index in [9.17, 15) is 18.4 Å². The van der Waals surface area contributed by atoms with E-state index in [1.165, 1.54) is 38.3 Å². The number of allylic oxidation sites excluding steroid dienone is 1. The van der Waals surface area contributed by atoms with E-state index < -0.39 is 6.61 Å². The van der Waals surface area contributed by atoms with Crippen molar-refractivity contribution in [1.29, 1.82) is 0 Å². The molecule has 1 amide bonds. The molecule has 0 atom stereocenters. The molecule has 1 N–H and O–H groups in total. The molecule has 2 rings (SSSR count). The number of alkyl halides is 2. The minimum atomic E-state index is -2.98. The van der Waals surface area contributed by atoms with Gasteiger partial charge in [-0.25, -0.2) is 0 Å². The van der Waals surface area contributed by atoms with Crippen molar-refractivity contribution in [3.8, 4) is 11.5 Å². The Morgan fingerprint density at radius 3 is 2.54 bits per heavy atom. The minimum absolute atomic E-state index is 0.121. The Balaban J connectivity index is 2.18. The van der Waals surface area contributed by atoms with Crippen molar-refractivity contribution in [3.63, 3.8) is 0 Å². The third kappa shape index (κ3) is 5.41. The molecular weight excluding hydrogens is 344 g/mol. The number of anilines is 1. The highest BCUT2D eigenvalue weighted by molar-refractivity contribution is 6.07. The minimum Gasteiger partial charge on any atom is -0.493 e. The molecule has 0 saturated carbocycles. The van der Waals surface area contributed by atoms with Gasteiger partial charge in [-0.15, -0.1) is 0 Å². The maximum absolute atomic E-state index is 12.5. The van der Waals surface area contributed by atoms with Crippen LogP contribution in [0.15, 0.2) is 48.5 Å². The maximum atomic E-state index is 12.5. The summed E-state index contributed by atoms with van der Waals surface area (Å²) in [7, 11) is 1.34. The monoisotopic (exact) mass is 361 g/mol. The lowest BCUT2D eigenvalue weighted by Crippen LogP contribution is -2.06. The first kappa shape index (κ1) is 19.1. The van der Waals surface area contributed by atoms with Gasteiger partial charge in [-0.3, -0.25) is 9.59 Å². The van der Waals surface area contributed by atoms with E-state index in [4.69, 9.17) is 4.74 Å². The highest BCUT2D eigenvalue weighted by Crippen LogP contribution is 2.30. The smallest absolute Gasteiger partial charge is 0.387 e. The summed E-state index contributed by atoms with van der Waals surface area (Å²) in [6.07, 6.45) is 2.78. The van der Waals surface area contributed by atoms with E-state index in [0.717, 1.165) is 0 Å². The maximum Gasteiger partial charge on any atom is 0.387 e. The molecule has 7 heteroatoms. The molecule has 0 radical (unpaired) electrons. The zero-order chi connectivity index (χ0) is 19.1. The Kier molecular flexibility index (Phi) is 6.43. The average Bonchev–Trinajstić information content (AvgIpc) is 2.59. The van der Waals surface area contributed by atoms with Crippen LogP contribution in [-0.2, 0) is 4.79 Å². The van der Waals surface area contributed by atoms with Gasteiger partial charge in [-0.1, -0.05) is 24.3 Å². The van der Waals surface area contributed by atoms with Gasteiger partial charge in [0.1, 0.15) is 0 Å². The quantitative estimate of drug-likeness (QED) is 0.594. The summed E-state index contributed by atoms with van der Waals surface area (Å²) in [5, 5.41) is 2.60. The van der Waals surface area contributed by atoms with Crippen molar-refractivity contribution >= 4 is 23.5 Å². The Bertz CT molecular complexity index is 834. The first-order valence-corrected chi connectivity index (χ1v) is 7.62. The number of hydrogen-bond acceptors (Lipinski definition) is 4. The summed E-state index contributed by atoms with van der Waals surface area (Å²) in [5.74, 6) is -0.499. The van der Waals surface area contributed by atoms with Crippen LogP contribution in [0.25, 0.3) is 6.08 Å². The van der Waals surface area contributed by atoms with E-state index in [1.807, 2.05) is 0 Å². The molecule has 0 saturated heterocycles. The molecule has 136 valence electrons. The Labute approximate surface area is 149 Å². The zero-order valence-corrected chi connectivity index (χ0v) is 14.2. The molecule has 0 heterocycles. The van der Waals surface area contributed by atoms with Gasteiger partial charge in [-0.2, -0.15) is 8.78 Å². The fourth-order valence-electron chi connectivity index (χ4n) is 2.21. The van der Waals surface area contributed by atoms with E-state index in [1.54, 1.807) is 30.3 Å². The summed E-state index contributed by atoms with van der Waals surface area (Å²) in [5.41, 5.74) is 1.38. The van der Waals surface area contributed by atoms with Crippen LogP contribution in [0, 0.1) is 0 Å². The number of carbonyl (C=O) groups excluding carboxylic acids is 2. The van der Waals surface area contributed by atoms with Gasteiger partial charge >= 0.3 is 6.61 Å². The van der Waals surface area contributed by atoms with Gasteiger partial charge < -0.3 is 14.8 Å². The second-order valence-corrected chi connectivity index (χ2v) is 5.25. The second kappa shape index (κ2) is 8.75. The average molecular weight is 361 g/mol. The summed E-state index contributed by atoms with van der Waals surface area (Å²) >= 11 is 0. The van der Waals surface area contributed by atoms with Crippen LogP contribution in [0.5, 0.6) is 11.5 Å². The third-order valence-electron chi connectivity index (χ3n) is 3.30. The molecule has 26 heavy (non-hydrogen) atoms. The second-order valence-electron chi connectivity index (χ2n) is 5.25. The largest absolute Gasteiger partial charge is 0.493 e. The van der Waals surface area contributed by atoms with Crippen LogP contribution in [0.1, 0.15) is 22.8 Å². The number of ketones is 1. The zero-order valence-electron chi connectivity index (χ0n) is 14.2. The SMILES string of the molecule is COc1ccc(/C=C/C(=O)c2cccc(NC(C)=O)c2)cc1OC(F)F. The number of halogens is 2. The van der Waals surface area contributed by atoms with Crippen LogP contribution in [0.2, 0.25) is 0 Å². The molecule has 0 spiro atoms. The number of carbonyl (C=O) groups is 2. The Morgan fingerprint density at radius 2 is 1.88 bits per heavy atom. The number of hydrogen-bond donors (Lipinski definition) is 1. The fourth-order valence-corrected chi connectivity index (χ4v) is 2.21. The number of benzene rings is 2. The predicted octanol–water partition coefficient (Wildman–Crippen LogP) is 4.15. The summed E-state index contributed by atoms with van der Waals surface area (Å²) < 4.78 is 34.3. The highest BCUT2D eigenvalue weighted by Gasteiger charge is 2.11. The molecule has 0 fully saturated rings. The highest BCUT2D eigenvalue weighted by atomic mass is 19.3. The Morgan fingerprint density at radius 1 is 1.12 bits per heavy atom.